The molecule has 1 unspecified atom stereocenters. The fourth-order valence-electron chi connectivity index (χ4n) is 1.84. The minimum atomic E-state index is -0.889. The number of hydrogen-bond donors (Lipinski definition) is 2. The summed E-state index contributed by atoms with van der Waals surface area (Å²) in [5, 5.41) is 2.72. The molecule has 0 aliphatic rings. The van der Waals surface area contributed by atoms with Crippen LogP contribution >= 0.6 is 0 Å². The summed E-state index contributed by atoms with van der Waals surface area (Å²) in [7, 11) is 1.41. The van der Waals surface area contributed by atoms with Crippen LogP contribution in [0.2, 0.25) is 0 Å². The number of carbonyl (C=O) groups excluding carboxylic acids is 1. The van der Waals surface area contributed by atoms with Crippen molar-refractivity contribution < 1.29 is 13.9 Å². The Labute approximate surface area is 113 Å². The Bertz CT molecular complexity index is 447. The molecule has 1 rings (SSSR count). The molecule has 1 atom stereocenters. The highest BCUT2D eigenvalue weighted by Gasteiger charge is 2.26. The first-order chi connectivity index (χ1) is 8.90. The summed E-state index contributed by atoms with van der Waals surface area (Å²) in [5.41, 5.74) is 5.68. The highest BCUT2D eigenvalue weighted by molar-refractivity contribution is 5.85. The number of rotatable bonds is 6. The number of nitrogens with two attached hydrogens (primary N) is 1. The van der Waals surface area contributed by atoms with Crippen molar-refractivity contribution in [3.05, 3.63) is 29.6 Å². The molecule has 4 nitrogen and oxygen atoms in total. The van der Waals surface area contributed by atoms with E-state index in [-0.39, 0.29) is 18.2 Å². The molecule has 1 aromatic rings. The van der Waals surface area contributed by atoms with Crippen molar-refractivity contribution in [2.75, 3.05) is 7.11 Å². The molecule has 5 heteroatoms. The zero-order valence-electron chi connectivity index (χ0n) is 11.6. The Morgan fingerprint density at radius 3 is 2.74 bits per heavy atom. The number of amides is 1. The summed E-state index contributed by atoms with van der Waals surface area (Å²) in [6.45, 7) is 3.91. The fourth-order valence-corrected chi connectivity index (χ4v) is 1.84. The average molecular weight is 268 g/mol. The van der Waals surface area contributed by atoms with Crippen LogP contribution < -0.4 is 15.8 Å². The van der Waals surface area contributed by atoms with E-state index in [1.54, 1.807) is 13.0 Å². The number of ether oxygens (including phenoxy) is 1. The van der Waals surface area contributed by atoms with Gasteiger partial charge in [0.1, 0.15) is 0 Å². The summed E-state index contributed by atoms with van der Waals surface area (Å²) in [6, 6.07) is 4.58. The number of methoxy groups -OCH3 is 1. The Morgan fingerprint density at radius 1 is 1.53 bits per heavy atom. The zero-order chi connectivity index (χ0) is 14.5. The lowest BCUT2D eigenvalue weighted by Crippen LogP contribution is -2.51. The molecular weight excluding hydrogens is 247 g/mol. The van der Waals surface area contributed by atoms with E-state index < -0.39 is 11.4 Å². The lowest BCUT2D eigenvalue weighted by molar-refractivity contribution is -0.126. The van der Waals surface area contributed by atoms with Crippen LogP contribution in [0, 0.1) is 5.82 Å². The maximum Gasteiger partial charge on any atom is 0.240 e. The molecule has 1 amide bonds. The smallest absolute Gasteiger partial charge is 0.240 e. The van der Waals surface area contributed by atoms with Crippen LogP contribution in [0.4, 0.5) is 4.39 Å². The van der Waals surface area contributed by atoms with Gasteiger partial charge in [-0.15, -0.1) is 0 Å². The molecule has 0 fully saturated rings. The summed E-state index contributed by atoms with van der Waals surface area (Å²) in [6.07, 6.45) is 1.44. The van der Waals surface area contributed by atoms with Crippen molar-refractivity contribution in [1.29, 1.82) is 0 Å². The van der Waals surface area contributed by atoms with Gasteiger partial charge >= 0.3 is 0 Å². The lowest BCUT2D eigenvalue weighted by atomic mass is 9.96. The maximum atomic E-state index is 13.5. The molecule has 0 bridgehead atoms. The van der Waals surface area contributed by atoms with E-state index in [1.807, 2.05) is 6.92 Å². The first-order valence-corrected chi connectivity index (χ1v) is 6.30. The van der Waals surface area contributed by atoms with Crippen molar-refractivity contribution in [3.8, 4) is 5.75 Å². The number of carbonyl (C=O) groups is 1. The van der Waals surface area contributed by atoms with Crippen LogP contribution in [-0.2, 0) is 11.3 Å². The third-order valence-electron chi connectivity index (χ3n) is 2.96. The van der Waals surface area contributed by atoms with Gasteiger partial charge in [0.15, 0.2) is 11.6 Å². The van der Waals surface area contributed by atoms with Crippen molar-refractivity contribution in [2.45, 2.75) is 38.8 Å². The topological polar surface area (TPSA) is 64.4 Å². The summed E-state index contributed by atoms with van der Waals surface area (Å²) < 4.78 is 18.3. The molecule has 0 aliphatic carbocycles. The Kier molecular flexibility index (Phi) is 5.30. The van der Waals surface area contributed by atoms with E-state index in [9.17, 15) is 9.18 Å². The molecule has 0 heterocycles. The highest BCUT2D eigenvalue weighted by Crippen LogP contribution is 2.17. The molecule has 0 aliphatic heterocycles. The molecule has 3 N–H and O–H groups in total. The van der Waals surface area contributed by atoms with Gasteiger partial charge in [-0.05, 0) is 31.0 Å². The molecule has 1 aromatic carbocycles. The van der Waals surface area contributed by atoms with E-state index in [1.165, 1.54) is 19.2 Å². The van der Waals surface area contributed by atoms with Gasteiger partial charge in [-0.25, -0.2) is 4.39 Å². The average Bonchev–Trinajstić information content (AvgIpc) is 2.36. The van der Waals surface area contributed by atoms with E-state index in [4.69, 9.17) is 10.5 Å². The number of halogens is 1. The van der Waals surface area contributed by atoms with Crippen LogP contribution in [0.15, 0.2) is 18.2 Å². The number of benzene rings is 1. The van der Waals surface area contributed by atoms with Gasteiger partial charge in [0, 0.05) is 6.54 Å². The van der Waals surface area contributed by atoms with Crippen molar-refractivity contribution >= 4 is 5.91 Å². The Hall–Kier alpha value is -1.62. The molecular formula is C14H21FN2O2. The quantitative estimate of drug-likeness (QED) is 0.829. The largest absolute Gasteiger partial charge is 0.494 e. The van der Waals surface area contributed by atoms with E-state index in [0.29, 0.717) is 12.0 Å². The van der Waals surface area contributed by atoms with E-state index in [0.717, 1.165) is 6.42 Å². The van der Waals surface area contributed by atoms with Gasteiger partial charge in [-0.3, -0.25) is 4.79 Å². The molecule has 19 heavy (non-hydrogen) atoms. The molecule has 0 saturated heterocycles. The molecule has 0 saturated carbocycles. The second-order valence-electron chi connectivity index (χ2n) is 4.82. The maximum absolute atomic E-state index is 13.5. The normalized spacial score (nSPS) is 13.7. The van der Waals surface area contributed by atoms with Crippen molar-refractivity contribution in [1.82, 2.24) is 5.32 Å². The van der Waals surface area contributed by atoms with Gasteiger partial charge in [0.25, 0.3) is 0 Å². The molecule has 0 radical (unpaired) electrons. The van der Waals surface area contributed by atoms with Crippen molar-refractivity contribution in [2.24, 2.45) is 5.73 Å². The third-order valence-corrected chi connectivity index (χ3v) is 2.96. The predicted octanol–water partition coefficient (Wildman–Crippen LogP) is 1.97. The number of hydrogen-bond acceptors (Lipinski definition) is 3. The predicted molar refractivity (Wildman–Crippen MR) is 72.3 cm³/mol. The van der Waals surface area contributed by atoms with Gasteiger partial charge < -0.3 is 15.8 Å². The minimum absolute atomic E-state index is 0.185. The van der Waals surface area contributed by atoms with Gasteiger partial charge in [0.2, 0.25) is 5.91 Å². The lowest BCUT2D eigenvalue weighted by Gasteiger charge is -2.22. The molecule has 0 spiro atoms. The summed E-state index contributed by atoms with van der Waals surface area (Å²) in [5.74, 6) is -0.492. The first-order valence-electron chi connectivity index (χ1n) is 6.30. The highest BCUT2D eigenvalue weighted by atomic mass is 19.1. The fraction of sp³-hybridized carbons (Fsp3) is 0.500. The number of nitrogens with one attached hydrogen (secondary N) is 1. The zero-order valence-corrected chi connectivity index (χ0v) is 11.6. The summed E-state index contributed by atoms with van der Waals surface area (Å²) in [4.78, 5) is 11.9. The van der Waals surface area contributed by atoms with Gasteiger partial charge in [0.05, 0.1) is 12.6 Å². The van der Waals surface area contributed by atoms with E-state index in [2.05, 4.69) is 5.32 Å². The standard InChI is InChI=1S/C14H21FN2O2/c1-4-7-14(2,16)13(18)17-9-10-5-6-12(19-3)11(15)8-10/h5-6,8H,4,7,9,16H2,1-3H3,(H,17,18). The van der Waals surface area contributed by atoms with Gasteiger partial charge in [-0.1, -0.05) is 19.4 Å². The third kappa shape index (κ3) is 4.21. The van der Waals surface area contributed by atoms with Crippen LogP contribution in [0.3, 0.4) is 0 Å². The first kappa shape index (κ1) is 15.4. The van der Waals surface area contributed by atoms with Crippen LogP contribution in [-0.4, -0.2) is 18.6 Å². The second kappa shape index (κ2) is 6.52. The SMILES string of the molecule is CCCC(C)(N)C(=O)NCc1ccc(OC)c(F)c1. The van der Waals surface area contributed by atoms with Crippen molar-refractivity contribution in [3.63, 3.8) is 0 Å². The Morgan fingerprint density at radius 2 is 2.21 bits per heavy atom. The Balaban J connectivity index is 2.62. The van der Waals surface area contributed by atoms with Gasteiger partial charge in [-0.2, -0.15) is 0 Å². The van der Waals surface area contributed by atoms with Crippen LogP contribution in [0.1, 0.15) is 32.3 Å². The second-order valence-corrected chi connectivity index (χ2v) is 4.82. The molecule has 0 aromatic heterocycles. The van der Waals surface area contributed by atoms with Crippen LogP contribution in [0.5, 0.6) is 5.75 Å². The minimum Gasteiger partial charge on any atom is -0.494 e. The van der Waals surface area contributed by atoms with Crippen LogP contribution in [0.25, 0.3) is 0 Å². The molecule has 106 valence electrons. The van der Waals surface area contributed by atoms with E-state index >= 15 is 0 Å². The summed E-state index contributed by atoms with van der Waals surface area (Å²) >= 11 is 0. The monoisotopic (exact) mass is 268 g/mol.